The maximum atomic E-state index is 10.5. The van der Waals surface area contributed by atoms with Crippen molar-refractivity contribution in [3.05, 3.63) is 83.4 Å². The van der Waals surface area contributed by atoms with E-state index >= 15 is 0 Å². The third kappa shape index (κ3) is 6.28. The van der Waals surface area contributed by atoms with Crippen LogP contribution in [0.15, 0.2) is 66.7 Å². The molecule has 3 aromatic rings. The Morgan fingerprint density at radius 2 is 1.61 bits per heavy atom. The first-order chi connectivity index (χ1) is 16.0. The van der Waals surface area contributed by atoms with Gasteiger partial charge in [-0.05, 0) is 98.8 Å². The van der Waals surface area contributed by atoms with Crippen LogP contribution in [0, 0.1) is 13.8 Å². The quantitative estimate of drug-likeness (QED) is 0.460. The lowest BCUT2D eigenvalue weighted by Crippen LogP contribution is -2.40. The lowest BCUT2D eigenvalue weighted by atomic mass is 9.89. The van der Waals surface area contributed by atoms with E-state index in [-0.39, 0.29) is 6.61 Å². The summed E-state index contributed by atoms with van der Waals surface area (Å²) in [5, 5.41) is 10.5. The Labute approximate surface area is 196 Å². The summed E-state index contributed by atoms with van der Waals surface area (Å²) in [5.41, 5.74) is 10.0. The van der Waals surface area contributed by atoms with Crippen molar-refractivity contribution in [2.75, 3.05) is 32.0 Å². The number of β-amino-alcohol motifs (C(OH)–C–C–N with tert-alkyl or cyclic N) is 1. The van der Waals surface area contributed by atoms with Gasteiger partial charge in [0.25, 0.3) is 0 Å². The number of nitrogens with zero attached hydrogens (tertiary/aromatic N) is 1. The number of benzene rings is 3. The number of rotatable bonds is 8. The number of hydrogen-bond donors (Lipinski definition) is 2. The van der Waals surface area contributed by atoms with Gasteiger partial charge in [0, 0.05) is 12.2 Å². The molecule has 5 heteroatoms. The molecule has 1 saturated heterocycles. The Hall–Kier alpha value is -3.02. The van der Waals surface area contributed by atoms with Crippen molar-refractivity contribution in [2.45, 2.75) is 38.7 Å². The van der Waals surface area contributed by atoms with Crippen molar-refractivity contribution in [3.8, 4) is 17.2 Å². The molecular weight excluding hydrogens is 412 g/mol. The second kappa shape index (κ2) is 10.7. The van der Waals surface area contributed by atoms with Gasteiger partial charge < -0.3 is 25.2 Å². The highest BCUT2D eigenvalue weighted by Crippen LogP contribution is 2.30. The van der Waals surface area contributed by atoms with Crippen LogP contribution in [0.4, 0.5) is 5.69 Å². The monoisotopic (exact) mass is 446 g/mol. The normalized spacial score (nSPS) is 15.8. The van der Waals surface area contributed by atoms with Gasteiger partial charge in [0.05, 0.1) is 0 Å². The number of aliphatic hydroxyl groups is 1. The van der Waals surface area contributed by atoms with E-state index in [0.29, 0.717) is 12.5 Å². The number of likely N-dealkylation sites (tertiary alicyclic amines) is 1. The first-order valence-electron chi connectivity index (χ1n) is 11.7. The summed E-state index contributed by atoms with van der Waals surface area (Å²) in [6, 6.07) is 22.2. The molecule has 0 saturated carbocycles. The summed E-state index contributed by atoms with van der Waals surface area (Å²) < 4.78 is 11.8. The summed E-state index contributed by atoms with van der Waals surface area (Å²) in [5.74, 6) is 3.04. The molecule has 33 heavy (non-hydrogen) atoms. The fourth-order valence-electron chi connectivity index (χ4n) is 4.39. The van der Waals surface area contributed by atoms with Crippen LogP contribution >= 0.6 is 0 Å². The molecular formula is C28H34N2O3. The highest BCUT2D eigenvalue weighted by Gasteiger charge is 2.22. The fourth-order valence-corrected chi connectivity index (χ4v) is 4.39. The summed E-state index contributed by atoms with van der Waals surface area (Å²) in [4.78, 5) is 2.33. The topological polar surface area (TPSA) is 68.0 Å². The lowest BCUT2D eigenvalue weighted by Gasteiger charge is -2.33. The zero-order chi connectivity index (χ0) is 23.2. The van der Waals surface area contributed by atoms with E-state index in [1.165, 1.54) is 5.56 Å². The standard InChI is InChI=1S/C28H34N2O3/c1-20-17-28(21(2)16-27(20)29)32-19-24(31)18-30-14-12-23(13-15-30)22-8-10-26(11-9-22)33-25-6-4-3-5-7-25/h3-11,16-17,23-24,31H,12-15,18-19,29H2,1-2H3/t24-/m0/s1. The van der Waals surface area contributed by atoms with Crippen molar-refractivity contribution in [3.63, 3.8) is 0 Å². The van der Waals surface area contributed by atoms with E-state index in [0.717, 1.165) is 60.0 Å². The maximum absolute atomic E-state index is 10.5. The van der Waals surface area contributed by atoms with Crippen LogP contribution < -0.4 is 15.2 Å². The maximum Gasteiger partial charge on any atom is 0.127 e. The van der Waals surface area contributed by atoms with Gasteiger partial charge in [0.1, 0.15) is 30.0 Å². The number of nitrogen functional groups attached to an aromatic ring is 1. The van der Waals surface area contributed by atoms with Gasteiger partial charge in [-0.25, -0.2) is 0 Å². The highest BCUT2D eigenvalue weighted by atomic mass is 16.5. The predicted octanol–water partition coefficient (Wildman–Crippen LogP) is 5.30. The minimum Gasteiger partial charge on any atom is -0.491 e. The first kappa shape index (κ1) is 23.1. The second-order valence-corrected chi connectivity index (χ2v) is 9.00. The fraction of sp³-hybridized carbons (Fsp3) is 0.357. The van der Waals surface area contributed by atoms with Crippen LogP contribution in [0.2, 0.25) is 0 Å². The first-order valence-corrected chi connectivity index (χ1v) is 11.7. The van der Waals surface area contributed by atoms with Crippen molar-refractivity contribution in [1.82, 2.24) is 4.90 Å². The van der Waals surface area contributed by atoms with E-state index in [1.807, 2.05) is 56.3 Å². The molecule has 0 amide bonds. The molecule has 5 nitrogen and oxygen atoms in total. The number of hydrogen-bond acceptors (Lipinski definition) is 5. The smallest absolute Gasteiger partial charge is 0.127 e. The van der Waals surface area contributed by atoms with Crippen molar-refractivity contribution < 1.29 is 14.6 Å². The molecule has 4 rings (SSSR count). The van der Waals surface area contributed by atoms with Gasteiger partial charge in [0.2, 0.25) is 0 Å². The Kier molecular flexibility index (Phi) is 7.53. The van der Waals surface area contributed by atoms with E-state index < -0.39 is 6.10 Å². The molecule has 1 atom stereocenters. The molecule has 1 heterocycles. The number of para-hydroxylation sites is 1. The third-order valence-corrected chi connectivity index (χ3v) is 6.38. The molecule has 3 N–H and O–H groups in total. The van der Waals surface area contributed by atoms with Gasteiger partial charge in [-0.1, -0.05) is 30.3 Å². The number of nitrogens with two attached hydrogens (primary N) is 1. The van der Waals surface area contributed by atoms with Crippen LogP contribution in [0.1, 0.15) is 35.4 Å². The highest BCUT2D eigenvalue weighted by molar-refractivity contribution is 5.53. The van der Waals surface area contributed by atoms with E-state index in [4.69, 9.17) is 15.2 Å². The van der Waals surface area contributed by atoms with Crippen LogP contribution in [0.3, 0.4) is 0 Å². The molecule has 0 spiro atoms. The number of ether oxygens (including phenoxy) is 2. The van der Waals surface area contributed by atoms with E-state index in [2.05, 4.69) is 29.2 Å². The zero-order valence-corrected chi connectivity index (χ0v) is 19.5. The second-order valence-electron chi connectivity index (χ2n) is 9.00. The number of aliphatic hydroxyl groups excluding tert-OH is 1. The molecule has 0 aliphatic carbocycles. The van der Waals surface area contributed by atoms with Crippen molar-refractivity contribution in [1.29, 1.82) is 0 Å². The summed E-state index contributed by atoms with van der Waals surface area (Å²) in [6.45, 7) is 6.80. The molecule has 0 radical (unpaired) electrons. The van der Waals surface area contributed by atoms with E-state index in [9.17, 15) is 5.11 Å². The number of anilines is 1. The summed E-state index contributed by atoms with van der Waals surface area (Å²) in [7, 11) is 0. The average molecular weight is 447 g/mol. The molecule has 0 bridgehead atoms. The lowest BCUT2D eigenvalue weighted by molar-refractivity contribution is 0.0592. The van der Waals surface area contributed by atoms with Crippen molar-refractivity contribution >= 4 is 5.69 Å². The molecule has 0 unspecified atom stereocenters. The van der Waals surface area contributed by atoms with Crippen LogP contribution in [-0.2, 0) is 0 Å². The summed E-state index contributed by atoms with van der Waals surface area (Å²) >= 11 is 0. The average Bonchev–Trinajstić information content (AvgIpc) is 2.82. The molecule has 1 aliphatic heterocycles. The molecule has 174 valence electrons. The Morgan fingerprint density at radius 3 is 2.30 bits per heavy atom. The Bertz CT molecular complexity index is 1030. The van der Waals surface area contributed by atoms with Gasteiger partial charge >= 0.3 is 0 Å². The molecule has 3 aromatic carbocycles. The minimum atomic E-state index is -0.520. The number of aryl methyl sites for hydroxylation is 2. The largest absolute Gasteiger partial charge is 0.491 e. The van der Waals surface area contributed by atoms with E-state index in [1.54, 1.807) is 0 Å². The van der Waals surface area contributed by atoms with Crippen molar-refractivity contribution in [2.24, 2.45) is 0 Å². The Balaban J connectivity index is 1.22. The zero-order valence-electron chi connectivity index (χ0n) is 19.5. The van der Waals surface area contributed by atoms with Crippen LogP contribution in [0.5, 0.6) is 17.2 Å². The SMILES string of the molecule is Cc1cc(OC[C@@H](O)CN2CCC(c3ccc(Oc4ccccc4)cc3)CC2)c(C)cc1N. The summed E-state index contributed by atoms with van der Waals surface area (Å²) in [6.07, 6.45) is 1.65. The Morgan fingerprint density at radius 1 is 0.939 bits per heavy atom. The molecule has 1 aliphatic rings. The number of piperidine rings is 1. The van der Waals surface area contributed by atoms with Gasteiger partial charge in [-0.3, -0.25) is 0 Å². The molecule has 0 aromatic heterocycles. The predicted molar refractivity (Wildman–Crippen MR) is 133 cm³/mol. The van der Waals surface area contributed by atoms with Gasteiger partial charge in [0.15, 0.2) is 0 Å². The minimum absolute atomic E-state index is 0.285. The molecule has 1 fully saturated rings. The van der Waals surface area contributed by atoms with Crippen LogP contribution in [-0.4, -0.2) is 42.4 Å². The van der Waals surface area contributed by atoms with Gasteiger partial charge in [-0.2, -0.15) is 0 Å². The van der Waals surface area contributed by atoms with Gasteiger partial charge in [-0.15, -0.1) is 0 Å². The third-order valence-electron chi connectivity index (χ3n) is 6.38. The van der Waals surface area contributed by atoms with Crippen LogP contribution in [0.25, 0.3) is 0 Å².